The van der Waals surface area contributed by atoms with Gasteiger partial charge in [0, 0.05) is 12.6 Å². The number of hydrogen-bond donors (Lipinski definition) is 2. The number of hydrogen-bond acceptors (Lipinski definition) is 3. The summed E-state index contributed by atoms with van der Waals surface area (Å²) in [6, 6.07) is 6.62. The molecule has 0 radical (unpaired) electrons. The maximum absolute atomic E-state index is 5.44. The lowest BCUT2D eigenvalue weighted by Crippen LogP contribution is -2.44. The minimum atomic E-state index is 0.592. The second-order valence-corrected chi connectivity index (χ2v) is 7.03. The number of benzene rings is 1. The summed E-state index contributed by atoms with van der Waals surface area (Å²) in [5, 5.41) is 7.64. The molecule has 0 aliphatic heterocycles. The van der Waals surface area contributed by atoms with E-state index in [4.69, 9.17) is 21.7 Å². The Morgan fingerprint density at radius 1 is 1.17 bits per heavy atom. The summed E-state index contributed by atoms with van der Waals surface area (Å²) in [6.07, 6.45) is 6.38. The zero-order chi connectivity index (χ0) is 16.2. The molecule has 0 unspecified atom stereocenters. The highest BCUT2D eigenvalue weighted by molar-refractivity contribution is 7.80. The van der Waals surface area contributed by atoms with Crippen molar-refractivity contribution in [1.82, 2.24) is 10.6 Å². The molecule has 4 nitrogen and oxygen atoms in total. The summed E-state index contributed by atoms with van der Waals surface area (Å²) in [5.41, 5.74) is 1.21. The Balaban J connectivity index is 1.43. The molecule has 2 N–H and O–H groups in total. The minimum Gasteiger partial charge on any atom is -0.493 e. The maximum Gasteiger partial charge on any atom is 0.166 e. The first-order valence-corrected chi connectivity index (χ1v) is 8.85. The summed E-state index contributed by atoms with van der Waals surface area (Å²) in [5.74, 6) is 3.31. The van der Waals surface area contributed by atoms with E-state index in [9.17, 15) is 0 Å². The van der Waals surface area contributed by atoms with Crippen LogP contribution in [0.15, 0.2) is 18.2 Å². The molecular weight excluding hydrogens is 308 g/mol. The average Bonchev–Trinajstić information content (AvgIpc) is 3.17. The van der Waals surface area contributed by atoms with Crippen LogP contribution in [0.3, 0.4) is 0 Å². The molecule has 0 saturated heterocycles. The number of thiocarbonyl (C=S) groups is 1. The van der Waals surface area contributed by atoms with Crippen molar-refractivity contribution in [3.05, 3.63) is 23.8 Å². The van der Waals surface area contributed by atoms with Crippen molar-refractivity contribution in [3.63, 3.8) is 0 Å². The summed E-state index contributed by atoms with van der Waals surface area (Å²) < 4.78 is 10.6. The standard InChI is InChI=1S/C18H26N2O2S/c1-21-16-6-4-12(11-17(16)22-2)7-8-19-18(23)20-15-10-13-3-5-14(15)9-13/h4,6,11,13-15H,3,5,7-10H2,1-2H3,(H2,19,20,23)/t13-,14-,15+/m0/s1. The van der Waals surface area contributed by atoms with Crippen LogP contribution in [0.25, 0.3) is 0 Å². The summed E-state index contributed by atoms with van der Waals surface area (Å²) in [7, 11) is 3.31. The second kappa shape index (κ2) is 7.39. The quantitative estimate of drug-likeness (QED) is 0.783. The Hall–Kier alpha value is -1.49. The molecule has 0 aromatic heterocycles. The van der Waals surface area contributed by atoms with Gasteiger partial charge in [-0.2, -0.15) is 0 Å². The molecule has 0 heterocycles. The van der Waals surface area contributed by atoms with Gasteiger partial charge in [0.25, 0.3) is 0 Å². The van der Waals surface area contributed by atoms with E-state index >= 15 is 0 Å². The molecule has 2 fully saturated rings. The van der Waals surface area contributed by atoms with Gasteiger partial charge in [0.1, 0.15) is 0 Å². The van der Waals surface area contributed by atoms with E-state index in [1.165, 1.54) is 31.2 Å². The van der Waals surface area contributed by atoms with Crippen molar-refractivity contribution in [2.24, 2.45) is 11.8 Å². The van der Waals surface area contributed by atoms with Crippen LogP contribution in [-0.4, -0.2) is 31.9 Å². The van der Waals surface area contributed by atoms with E-state index < -0.39 is 0 Å². The molecule has 3 atom stereocenters. The van der Waals surface area contributed by atoms with Crippen LogP contribution in [0, 0.1) is 11.8 Å². The van der Waals surface area contributed by atoms with E-state index in [2.05, 4.69) is 16.7 Å². The SMILES string of the molecule is COc1ccc(CCNC(=S)N[C@@H]2C[C@H]3CC[C@H]2C3)cc1OC. The molecule has 2 aliphatic carbocycles. The summed E-state index contributed by atoms with van der Waals surface area (Å²) in [6.45, 7) is 0.822. The largest absolute Gasteiger partial charge is 0.493 e. The highest BCUT2D eigenvalue weighted by atomic mass is 32.1. The van der Waals surface area contributed by atoms with E-state index in [0.717, 1.165) is 41.4 Å². The maximum atomic E-state index is 5.44. The monoisotopic (exact) mass is 334 g/mol. The van der Waals surface area contributed by atoms with Crippen molar-refractivity contribution < 1.29 is 9.47 Å². The van der Waals surface area contributed by atoms with Gasteiger partial charge in [-0.05, 0) is 67.4 Å². The Morgan fingerprint density at radius 2 is 2.00 bits per heavy atom. The van der Waals surface area contributed by atoms with Crippen LogP contribution in [-0.2, 0) is 6.42 Å². The van der Waals surface area contributed by atoms with Crippen molar-refractivity contribution in [1.29, 1.82) is 0 Å². The molecule has 3 rings (SSSR count). The highest BCUT2D eigenvalue weighted by Crippen LogP contribution is 2.44. The first-order valence-electron chi connectivity index (χ1n) is 8.45. The number of methoxy groups -OCH3 is 2. The lowest BCUT2D eigenvalue weighted by molar-refractivity contribution is 0.354. The van der Waals surface area contributed by atoms with Crippen molar-refractivity contribution in [2.45, 2.75) is 38.1 Å². The molecule has 0 amide bonds. The molecule has 2 saturated carbocycles. The van der Waals surface area contributed by atoms with E-state index in [1.54, 1.807) is 14.2 Å². The number of ether oxygens (including phenoxy) is 2. The van der Waals surface area contributed by atoms with Gasteiger partial charge < -0.3 is 20.1 Å². The van der Waals surface area contributed by atoms with Crippen LogP contribution in [0.1, 0.15) is 31.2 Å². The van der Waals surface area contributed by atoms with Crippen molar-refractivity contribution in [2.75, 3.05) is 20.8 Å². The van der Waals surface area contributed by atoms with Crippen LogP contribution in [0.2, 0.25) is 0 Å². The molecule has 5 heteroatoms. The number of fused-ring (bicyclic) bond motifs is 2. The summed E-state index contributed by atoms with van der Waals surface area (Å²) in [4.78, 5) is 0. The second-order valence-electron chi connectivity index (χ2n) is 6.62. The highest BCUT2D eigenvalue weighted by Gasteiger charge is 2.39. The van der Waals surface area contributed by atoms with Gasteiger partial charge in [-0.1, -0.05) is 12.5 Å². The lowest BCUT2D eigenvalue weighted by atomic mass is 9.96. The number of nitrogens with one attached hydrogen (secondary N) is 2. The van der Waals surface area contributed by atoms with Gasteiger partial charge in [0.05, 0.1) is 14.2 Å². The third-order valence-corrected chi connectivity index (χ3v) is 5.46. The summed E-state index contributed by atoms with van der Waals surface area (Å²) >= 11 is 5.44. The molecule has 2 bridgehead atoms. The van der Waals surface area contributed by atoms with Crippen molar-refractivity contribution in [3.8, 4) is 11.5 Å². The van der Waals surface area contributed by atoms with Gasteiger partial charge in [0.15, 0.2) is 16.6 Å². The smallest absolute Gasteiger partial charge is 0.166 e. The van der Waals surface area contributed by atoms with Crippen LogP contribution < -0.4 is 20.1 Å². The minimum absolute atomic E-state index is 0.592. The Kier molecular flexibility index (Phi) is 5.26. The van der Waals surface area contributed by atoms with E-state index in [1.807, 2.05) is 12.1 Å². The zero-order valence-electron chi connectivity index (χ0n) is 13.9. The predicted molar refractivity (Wildman–Crippen MR) is 96.2 cm³/mol. The molecular formula is C18H26N2O2S. The average molecular weight is 334 g/mol. The first kappa shape index (κ1) is 16.4. The van der Waals surface area contributed by atoms with E-state index in [0.29, 0.717) is 6.04 Å². The third-order valence-electron chi connectivity index (χ3n) is 5.20. The van der Waals surface area contributed by atoms with Crippen LogP contribution in [0.4, 0.5) is 0 Å². The Bertz CT molecular complexity index is 564. The molecule has 2 aliphatic rings. The lowest BCUT2D eigenvalue weighted by Gasteiger charge is -2.24. The molecule has 1 aromatic carbocycles. The van der Waals surface area contributed by atoms with Gasteiger partial charge in [0.2, 0.25) is 0 Å². The van der Waals surface area contributed by atoms with Crippen LogP contribution >= 0.6 is 12.2 Å². The van der Waals surface area contributed by atoms with Crippen LogP contribution in [0.5, 0.6) is 11.5 Å². The fourth-order valence-electron chi connectivity index (χ4n) is 4.00. The zero-order valence-corrected chi connectivity index (χ0v) is 14.7. The fourth-order valence-corrected chi connectivity index (χ4v) is 4.25. The van der Waals surface area contributed by atoms with Gasteiger partial charge in [-0.3, -0.25) is 0 Å². The predicted octanol–water partition coefficient (Wildman–Crippen LogP) is 2.90. The third kappa shape index (κ3) is 3.89. The normalized spacial score (nSPS) is 25.2. The molecule has 23 heavy (non-hydrogen) atoms. The fraction of sp³-hybridized carbons (Fsp3) is 0.611. The molecule has 0 spiro atoms. The Morgan fingerprint density at radius 3 is 2.65 bits per heavy atom. The van der Waals surface area contributed by atoms with Gasteiger partial charge >= 0.3 is 0 Å². The Labute approximate surface area is 143 Å². The molecule has 126 valence electrons. The first-order chi connectivity index (χ1) is 11.2. The van der Waals surface area contributed by atoms with Crippen molar-refractivity contribution >= 4 is 17.3 Å². The topological polar surface area (TPSA) is 42.5 Å². The van der Waals surface area contributed by atoms with Gasteiger partial charge in [-0.15, -0.1) is 0 Å². The van der Waals surface area contributed by atoms with E-state index in [-0.39, 0.29) is 0 Å². The molecule has 1 aromatic rings. The van der Waals surface area contributed by atoms with Gasteiger partial charge in [-0.25, -0.2) is 0 Å². The number of rotatable bonds is 6.